The first-order valence-corrected chi connectivity index (χ1v) is 49.5. The van der Waals surface area contributed by atoms with Crippen molar-refractivity contribution in [2.75, 3.05) is 60.6 Å². The topological polar surface area (TPSA) is 361 Å². The highest BCUT2D eigenvalue weighted by Gasteiger charge is 2.47. The number of anilines is 3. The molecule has 37 heteroatoms. The van der Waals surface area contributed by atoms with Gasteiger partial charge in [-0.3, -0.25) is 57.4 Å². The number of piperazine rings is 3. The zero-order chi connectivity index (χ0) is 105. The number of carbonyl (C=O) groups excluding carboxylic acids is 3. The molecule has 3 N–H and O–H groups in total. The Labute approximate surface area is 838 Å². The summed E-state index contributed by atoms with van der Waals surface area (Å²) < 4.78 is 130. The molecule has 762 valence electrons. The van der Waals surface area contributed by atoms with Gasteiger partial charge in [-0.2, -0.15) is 0 Å². The maximum atomic E-state index is 17.8. The van der Waals surface area contributed by atoms with Crippen molar-refractivity contribution in [2.45, 2.75) is 222 Å². The lowest BCUT2D eigenvalue weighted by Gasteiger charge is -2.49. The van der Waals surface area contributed by atoms with Gasteiger partial charge < -0.3 is 47.4 Å². The Kier molecular flexibility index (Phi) is 25.9. The second-order valence-corrected chi connectivity index (χ2v) is 40.9. The minimum absolute atomic E-state index is 0.00943. The monoisotopic (exact) mass is 2010 g/mol. The number of nitrogens with zero attached hydrogens (tertiary/aromatic N) is 15. The van der Waals surface area contributed by atoms with Crippen molar-refractivity contribution in [3.63, 3.8) is 0 Å². The quantitative estimate of drug-likeness (QED) is 0.0634. The Morgan fingerprint density at radius 1 is 0.381 bits per heavy atom. The van der Waals surface area contributed by atoms with E-state index < -0.39 is 85.5 Å². The first kappa shape index (κ1) is 100. The number of amides is 3. The first-order chi connectivity index (χ1) is 70.0. The lowest BCUT2D eigenvalue weighted by molar-refractivity contribution is -0.129. The van der Waals surface area contributed by atoms with Gasteiger partial charge in [0.1, 0.15) is 36.4 Å². The van der Waals surface area contributed by atoms with Crippen LogP contribution in [0, 0.1) is 55.7 Å². The van der Waals surface area contributed by atoms with E-state index in [1.165, 1.54) is 69.1 Å². The number of oxazole rings is 3. The van der Waals surface area contributed by atoms with Crippen molar-refractivity contribution in [1.29, 1.82) is 0 Å². The van der Waals surface area contributed by atoms with E-state index in [0.717, 1.165) is 0 Å². The summed E-state index contributed by atoms with van der Waals surface area (Å²) in [6.45, 7) is 46.9. The van der Waals surface area contributed by atoms with Gasteiger partial charge in [-0.25, -0.2) is 70.6 Å². The molecule has 0 radical (unpaired) electrons. The molecule has 0 aliphatic carbocycles. The number of ether oxygens (including phenoxy) is 1. The SMILES string of the molecule is C=CC(=O)N1CC2CCOc3c(c4cc(F)c(-c5c(C)ccc6[nH]c(=O)oc56)c(F)c4n(-c4c(C(C)C)ncnc4C(C)C)c3=O)N2CC1C.C=CC(=O)N1CC2CCc3c(c4cc(F)c(-c5c(C)ccc6[nH]c(=O)oc56)c(F)c4n(-c4c(C(C)C)ncnc4C(C)C)c3=O)N2CC1C.C=CC(=O)N1CC2Cc3c(c4cc(F)c(-c5c(C)ccc6[nH]c(=O)oc56)c(F)c4n(-c4c(C(C)C)ncnc4C(C)C)c3=O)N2CC1C. The Hall–Kier alpha value is -15.6. The highest BCUT2D eigenvalue weighted by atomic mass is 19.2. The summed E-state index contributed by atoms with van der Waals surface area (Å²) in [7, 11) is 0. The molecule has 6 aliphatic rings. The smallest absolute Gasteiger partial charge is 0.417 e. The van der Waals surface area contributed by atoms with Crippen molar-refractivity contribution < 1.29 is 58.7 Å². The minimum atomic E-state index is -1.03. The summed E-state index contributed by atoms with van der Waals surface area (Å²) >= 11 is 0. The first-order valence-electron chi connectivity index (χ1n) is 49.5. The molecule has 0 saturated carbocycles. The van der Waals surface area contributed by atoms with E-state index in [-0.39, 0.29) is 203 Å². The fourth-order valence-electron chi connectivity index (χ4n) is 22.7. The van der Waals surface area contributed by atoms with Gasteiger partial charge in [0.15, 0.2) is 34.2 Å². The average molecular weight is 2010 g/mol. The number of carbonyl (C=O) groups is 3. The van der Waals surface area contributed by atoms with E-state index >= 15 is 31.1 Å². The number of hydrogen-bond acceptors (Lipinski definition) is 22. The molecule has 6 atom stereocenters. The largest absolute Gasteiger partial charge is 0.486 e. The van der Waals surface area contributed by atoms with Crippen molar-refractivity contribution in [3.8, 4) is 56.2 Å². The van der Waals surface area contributed by atoms with Gasteiger partial charge >= 0.3 is 17.3 Å². The number of aromatic amines is 3. The fourth-order valence-corrected chi connectivity index (χ4v) is 22.7. The Balaban J connectivity index is 0.000000139. The number of benzene rings is 6. The van der Waals surface area contributed by atoms with Gasteiger partial charge in [0.2, 0.25) is 23.5 Å². The number of halogens is 6. The van der Waals surface area contributed by atoms with Crippen LogP contribution in [0.2, 0.25) is 0 Å². The lowest BCUT2D eigenvalue weighted by Crippen LogP contribution is -2.60. The van der Waals surface area contributed by atoms with Crippen LogP contribution in [0.1, 0.15) is 214 Å². The molecule has 31 nitrogen and oxygen atoms in total. The van der Waals surface area contributed by atoms with E-state index in [1.54, 1.807) is 71.9 Å². The molecule has 0 bridgehead atoms. The number of aryl methyl sites for hydroxylation is 3. The number of pyridine rings is 3. The number of aromatic nitrogens is 12. The molecular weight excluding hydrogens is 1900 g/mol. The molecule has 15 heterocycles. The van der Waals surface area contributed by atoms with E-state index in [1.807, 2.05) is 119 Å². The summed E-state index contributed by atoms with van der Waals surface area (Å²) in [5, 5.41) is 0.548. The third kappa shape index (κ3) is 16.4. The second kappa shape index (κ2) is 38.1. The van der Waals surface area contributed by atoms with E-state index in [4.69, 9.17) is 18.0 Å². The summed E-state index contributed by atoms with van der Waals surface area (Å²) in [6, 6.07) is 12.0. The van der Waals surface area contributed by atoms with E-state index in [0.29, 0.717) is 142 Å². The van der Waals surface area contributed by atoms with Crippen molar-refractivity contribution in [3.05, 3.63) is 271 Å². The average Bonchev–Trinajstić information content (AvgIpc) is 1.70. The molecular formula is C110H112F6N18O13. The standard InChI is InChI=1S/C37H38F2N6O5.C37H38F2N6O4.C36H36F2N6O4/c1-8-25(46)43-15-21-11-12-49-35-32(44(21)14-20(43)7)22-13-23(38)27(26-19(6)9-10-24-34(26)50-37(48)42-24)28(39)31(22)45(36(35)47)33-29(17(2)3)40-16-41-30(33)18(4)5;1-8-26(46)43-15-21-10-11-22-32(44(21)14-20(43)7)23-13-24(38)28(27-19(6)9-12-25-35(27)49-37(48)42-25)29(39)33(23)45(36(22)47)34-30(17(2)3)40-16-41-31(34)18(4)5;1-8-25(45)42-14-20-11-22-31(43(20)13-19(42)7)21-12-23(37)27(26-18(6)9-10-24-34(26)48-36(47)41-24)28(38)32(21)44(35(22)46)33-29(16(2)3)39-15-40-30(33)17(4)5/h8-10,13,16-18,20-21H,1,11-12,14-15H2,2-7H3,(H,42,48);8-9,12-13,16-18,20-21H,1,10-11,14-15H2,2-7H3,(H,42,48);8-10,12,15-17,19-20H,1,11,13-14H2,2-7H3,(H,41,47). The van der Waals surface area contributed by atoms with Crippen LogP contribution in [0.4, 0.5) is 43.4 Å². The summed E-state index contributed by atoms with van der Waals surface area (Å²) in [5.41, 5.74) is 5.46. The molecule has 6 aromatic carbocycles. The van der Waals surface area contributed by atoms with Gasteiger partial charge in [-0.1, -0.05) is 121 Å². The molecule has 3 saturated heterocycles. The summed E-state index contributed by atoms with van der Waals surface area (Å²) in [4.78, 5) is 166. The van der Waals surface area contributed by atoms with Gasteiger partial charge in [-0.05, 0) is 161 Å². The number of fused-ring (bicyclic) bond motifs is 18. The van der Waals surface area contributed by atoms with Gasteiger partial charge in [0.25, 0.3) is 16.7 Å². The third-order valence-electron chi connectivity index (χ3n) is 29.5. The molecule has 3 amide bonds. The van der Waals surface area contributed by atoms with E-state index in [9.17, 15) is 38.4 Å². The molecule has 6 unspecified atom stereocenters. The fraction of sp³-hybridized carbons (Fsp3) is 0.373. The molecule has 6 aliphatic heterocycles. The van der Waals surface area contributed by atoms with Crippen LogP contribution in [-0.4, -0.2) is 173 Å². The molecule has 9 aromatic heterocycles. The lowest BCUT2D eigenvalue weighted by atomic mass is 9.89. The summed E-state index contributed by atoms with van der Waals surface area (Å²) in [5.74, 6) is -9.69. The van der Waals surface area contributed by atoms with Crippen LogP contribution in [0.3, 0.4) is 0 Å². The zero-order valence-electron chi connectivity index (χ0n) is 84.8. The Bertz CT molecular complexity index is 8430. The number of rotatable bonds is 15. The van der Waals surface area contributed by atoms with Crippen LogP contribution in [0.5, 0.6) is 5.75 Å². The summed E-state index contributed by atoms with van der Waals surface area (Å²) in [6.07, 6.45) is 9.79. The van der Waals surface area contributed by atoms with Crippen LogP contribution in [-0.2, 0) is 27.2 Å². The number of nitrogens with one attached hydrogen (secondary N) is 3. The second-order valence-electron chi connectivity index (χ2n) is 40.9. The normalized spacial score (nSPS) is 17.6. The Morgan fingerprint density at radius 2 is 0.673 bits per heavy atom. The van der Waals surface area contributed by atoms with E-state index in [2.05, 4.69) is 64.6 Å². The highest BCUT2D eigenvalue weighted by molar-refractivity contribution is 6.06. The maximum absolute atomic E-state index is 17.8. The van der Waals surface area contributed by atoms with Crippen molar-refractivity contribution >= 4 is 101 Å². The zero-order valence-corrected chi connectivity index (χ0v) is 84.8. The maximum Gasteiger partial charge on any atom is 0.417 e. The molecule has 15 aromatic rings. The number of H-pyrrole nitrogens is 3. The van der Waals surface area contributed by atoms with Gasteiger partial charge in [0, 0.05) is 120 Å². The van der Waals surface area contributed by atoms with Crippen LogP contribution < -0.4 is 53.4 Å². The van der Waals surface area contributed by atoms with Gasteiger partial charge in [0.05, 0.1) is 137 Å². The van der Waals surface area contributed by atoms with Crippen molar-refractivity contribution in [2.24, 2.45) is 0 Å². The van der Waals surface area contributed by atoms with Crippen molar-refractivity contribution in [1.82, 2.24) is 73.3 Å². The Morgan fingerprint density at radius 3 is 1.01 bits per heavy atom. The van der Waals surface area contributed by atoms with Crippen LogP contribution in [0.25, 0.3) is 116 Å². The van der Waals surface area contributed by atoms with Gasteiger partial charge in [-0.15, -0.1) is 0 Å². The third-order valence-corrected chi connectivity index (χ3v) is 29.5. The molecule has 0 spiro atoms. The van der Waals surface area contributed by atoms with Crippen LogP contribution in [0.15, 0.2) is 154 Å². The number of hydrogen-bond donors (Lipinski definition) is 3. The van der Waals surface area contributed by atoms with Crippen LogP contribution >= 0.6 is 0 Å². The predicted molar refractivity (Wildman–Crippen MR) is 551 cm³/mol. The predicted octanol–water partition coefficient (Wildman–Crippen LogP) is 18.2. The highest BCUT2D eigenvalue weighted by Crippen LogP contribution is 2.52. The molecule has 147 heavy (non-hydrogen) atoms. The minimum Gasteiger partial charge on any atom is -0.486 e. The molecule has 21 rings (SSSR count). The molecule has 3 fully saturated rings.